The molecule has 5 rings (SSSR count). The minimum Gasteiger partial charge on any atom is -0.444 e. The molecule has 2 aromatic heterocycles. The maximum atomic E-state index is 13.7. The molecule has 41 heavy (non-hydrogen) atoms. The van der Waals surface area contributed by atoms with Crippen molar-refractivity contribution in [3.05, 3.63) is 41.3 Å². The maximum Gasteiger partial charge on any atom is 0.410 e. The van der Waals surface area contributed by atoms with Crippen LogP contribution in [0.15, 0.2) is 24.3 Å². The summed E-state index contributed by atoms with van der Waals surface area (Å²) in [6.45, 7) is 15.2. The summed E-state index contributed by atoms with van der Waals surface area (Å²) >= 11 is 0. The number of H-pyrrole nitrogens is 1. The Hall–Kier alpha value is -3.91. The number of carbonyl (C=O) groups excluding carboxylic acids is 2. The summed E-state index contributed by atoms with van der Waals surface area (Å²) in [6, 6.07) is 7.57. The van der Waals surface area contributed by atoms with E-state index in [0.29, 0.717) is 42.7 Å². The Morgan fingerprint density at radius 1 is 1.12 bits per heavy atom. The van der Waals surface area contributed by atoms with E-state index in [4.69, 9.17) is 9.72 Å². The number of amides is 2. The number of benzene rings is 1. The van der Waals surface area contributed by atoms with Gasteiger partial charge in [-0.3, -0.25) is 9.89 Å². The third-order valence-corrected chi connectivity index (χ3v) is 7.75. The number of piperazine rings is 1. The van der Waals surface area contributed by atoms with Crippen LogP contribution in [0.2, 0.25) is 19.6 Å². The van der Waals surface area contributed by atoms with Crippen LogP contribution in [0.3, 0.4) is 0 Å². The van der Waals surface area contributed by atoms with E-state index < -0.39 is 13.7 Å². The number of ether oxygens (including phenoxy) is 1. The molecule has 0 radical (unpaired) electrons. The molecule has 3 heterocycles. The standard InChI is InChI=1S/C30H39N7O3Si/c1-19-18-36(13-14-37(19)29(39)40-30(2,3)4)28(38)27-31-23-11-8-20(12-15-41(5,6)7)16-22(23)26(33-27)32-25-17-24(34-35-25)21-9-10-21/h8,11,16-17,19,21H,9-10,13-14,18H2,1-7H3,(H2,31,32,33,34,35)/t19-/m1/s1. The van der Waals surface area contributed by atoms with Crippen molar-refractivity contribution in [1.29, 1.82) is 0 Å². The predicted molar refractivity (Wildman–Crippen MR) is 162 cm³/mol. The predicted octanol–water partition coefficient (Wildman–Crippen LogP) is 5.28. The normalized spacial score (nSPS) is 17.7. The highest BCUT2D eigenvalue weighted by molar-refractivity contribution is 6.83. The zero-order valence-electron chi connectivity index (χ0n) is 25.0. The molecule has 216 valence electrons. The highest BCUT2D eigenvalue weighted by Crippen LogP contribution is 2.40. The molecule has 1 saturated heterocycles. The molecule has 11 heteroatoms. The first-order valence-electron chi connectivity index (χ1n) is 14.2. The van der Waals surface area contributed by atoms with E-state index in [1.54, 1.807) is 9.80 Å². The van der Waals surface area contributed by atoms with E-state index in [2.05, 4.69) is 51.6 Å². The molecular formula is C30H39N7O3Si. The topological polar surface area (TPSA) is 116 Å². The summed E-state index contributed by atoms with van der Waals surface area (Å²) in [4.78, 5) is 39.1. The SMILES string of the molecule is C[C@@H]1CN(C(=O)c2nc(Nc3cc(C4CC4)[nH]n3)c3cc(C#C[Si](C)(C)C)ccc3n2)CCN1C(=O)OC(C)(C)C. The van der Waals surface area contributed by atoms with Crippen LogP contribution in [0.4, 0.5) is 16.4 Å². The second-order valence-corrected chi connectivity index (χ2v) is 17.8. The van der Waals surface area contributed by atoms with Gasteiger partial charge in [0.2, 0.25) is 5.82 Å². The number of anilines is 2. The molecule has 2 N–H and O–H groups in total. The lowest BCUT2D eigenvalue weighted by atomic mass is 10.1. The van der Waals surface area contributed by atoms with Crippen LogP contribution in [0.5, 0.6) is 0 Å². The number of hydrogen-bond donors (Lipinski definition) is 2. The monoisotopic (exact) mass is 573 g/mol. The van der Waals surface area contributed by atoms with Gasteiger partial charge >= 0.3 is 6.09 Å². The van der Waals surface area contributed by atoms with Gasteiger partial charge in [0.1, 0.15) is 19.5 Å². The molecule has 1 aliphatic heterocycles. The number of nitrogens with zero attached hydrogens (tertiary/aromatic N) is 5. The van der Waals surface area contributed by atoms with Crippen LogP contribution in [-0.2, 0) is 4.74 Å². The number of nitrogens with one attached hydrogen (secondary N) is 2. The first kappa shape index (κ1) is 28.6. The fraction of sp³-hybridized carbons (Fsp3) is 0.500. The Bertz CT molecular complexity index is 1540. The molecule has 1 atom stereocenters. The number of rotatable bonds is 4. The van der Waals surface area contributed by atoms with Gasteiger partial charge in [0.25, 0.3) is 5.91 Å². The van der Waals surface area contributed by atoms with E-state index in [1.807, 2.05) is 52.0 Å². The van der Waals surface area contributed by atoms with E-state index in [0.717, 1.165) is 29.5 Å². The van der Waals surface area contributed by atoms with E-state index in [1.165, 1.54) is 0 Å². The van der Waals surface area contributed by atoms with E-state index >= 15 is 0 Å². The van der Waals surface area contributed by atoms with Crippen molar-refractivity contribution < 1.29 is 14.3 Å². The van der Waals surface area contributed by atoms with Gasteiger partial charge in [0.05, 0.1) is 5.52 Å². The number of carbonyl (C=O) groups is 2. The number of fused-ring (bicyclic) bond motifs is 1. The Labute approximate surface area is 242 Å². The fourth-order valence-corrected chi connectivity index (χ4v) is 5.18. The summed E-state index contributed by atoms with van der Waals surface area (Å²) in [5.41, 5.74) is 5.44. The molecule has 2 aliphatic rings. The largest absolute Gasteiger partial charge is 0.444 e. The van der Waals surface area contributed by atoms with Crippen molar-refractivity contribution in [3.63, 3.8) is 0 Å². The van der Waals surface area contributed by atoms with Crippen LogP contribution in [0, 0.1) is 11.5 Å². The second-order valence-electron chi connectivity index (χ2n) is 13.0. The molecule has 10 nitrogen and oxygen atoms in total. The number of hydrogen-bond acceptors (Lipinski definition) is 7. The second kappa shape index (κ2) is 10.8. The molecule has 1 aromatic carbocycles. The molecule has 0 unspecified atom stereocenters. The zero-order valence-corrected chi connectivity index (χ0v) is 26.0. The molecule has 3 aromatic rings. The Kier molecular flexibility index (Phi) is 7.55. The number of aromatic amines is 1. The van der Waals surface area contributed by atoms with Gasteiger partial charge in [-0.25, -0.2) is 14.8 Å². The van der Waals surface area contributed by atoms with Crippen LogP contribution in [0.1, 0.15) is 68.3 Å². The van der Waals surface area contributed by atoms with Crippen molar-refractivity contribution in [1.82, 2.24) is 30.0 Å². The lowest BCUT2D eigenvalue weighted by Gasteiger charge is -2.39. The van der Waals surface area contributed by atoms with Gasteiger partial charge in [0.15, 0.2) is 5.82 Å². The maximum absolute atomic E-state index is 13.7. The molecule has 2 fully saturated rings. The molecule has 0 bridgehead atoms. The zero-order chi connectivity index (χ0) is 29.5. The van der Waals surface area contributed by atoms with Crippen molar-refractivity contribution in [3.8, 4) is 11.5 Å². The van der Waals surface area contributed by atoms with E-state index in [-0.39, 0.29) is 23.9 Å². The minimum absolute atomic E-state index is 0.0943. The molecule has 1 saturated carbocycles. The summed E-state index contributed by atoms with van der Waals surface area (Å²) in [6.07, 6.45) is 1.95. The first-order chi connectivity index (χ1) is 19.3. The van der Waals surface area contributed by atoms with Gasteiger partial charge in [-0.1, -0.05) is 25.6 Å². The molecular weight excluding hydrogens is 534 g/mol. The average molecular weight is 574 g/mol. The highest BCUT2D eigenvalue weighted by atomic mass is 28.3. The lowest BCUT2D eigenvalue weighted by Crippen LogP contribution is -2.56. The minimum atomic E-state index is -1.56. The van der Waals surface area contributed by atoms with Crippen LogP contribution in [0.25, 0.3) is 10.9 Å². The van der Waals surface area contributed by atoms with Crippen LogP contribution < -0.4 is 5.32 Å². The highest BCUT2D eigenvalue weighted by Gasteiger charge is 2.34. The first-order valence-corrected chi connectivity index (χ1v) is 17.7. The molecule has 2 amide bonds. The Morgan fingerprint density at radius 2 is 1.88 bits per heavy atom. The quantitative estimate of drug-likeness (QED) is 0.322. The van der Waals surface area contributed by atoms with Gasteiger partial charge in [-0.05, 0) is 58.7 Å². The third kappa shape index (κ3) is 7.06. The van der Waals surface area contributed by atoms with E-state index in [9.17, 15) is 9.59 Å². The van der Waals surface area contributed by atoms with Crippen molar-refractivity contribution in [2.24, 2.45) is 0 Å². The summed E-state index contributed by atoms with van der Waals surface area (Å²) in [5.74, 6) is 4.79. The van der Waals surface area contributed by atoms with Gasteiger partial charge < -0.3 is 19.9 Å². The molecule has 0 spiro atoms. The third-order valence-electron chi connectivity index (χ3n) is 6.87. The van der Waals surface area contributed by atoms with Crippen LogP contribution >= 0.6 is 0 Å². The summed E-state index contributed by atoms with van der Waals surface area (Å²) in [7, 11) is -1.56. The van der Waals surface area contributed by atoms with Crippen molar-refractivity contribution in [2.45, 2.75) is 77.7 Å². The molecule has 1 aliphatic carbocycles. The van der Waals surface area contributed by atoms with Crippen molar-refractivity contribution >= 4 is 42.6 Å². The fourth-order valence-electron chi connectivity index (χ4n) is 4.66. The smallest absolute Gasteiger partial charge is 0.410 e. The lowest BCUT2D eigenvalue weighted by molar-refractivity contribution is 0.00182. The summed E-state index contributed by atoms with van der Waals surface area (Å²) < 4.78 is 5.55. The van der Waals surface area contributed by atoms with Gasteiger partial charge in [0, 0.05) is 54.3 Å². The average Bonchev–Trinajstić information content (AvgIpc) is 3.63. The number of aromatic nitrogens is 4. The summed E-state index contributed by atoms with van der Waals surface area (Å²) in [5, 5.41) is 11.6. The van der Waals surface area contributed by atoms with Crippen molar-refractivity contribution in [2.75, 3.05) is 25.0 Å². The van der Waals surface area contributed by atoms with Gasteiger partial charge in [-0.15, -0.1) is 5.54 Å². The Balaban J connectivity index is 1.43. The van der Waals surface area contributed by atoms with Gasteiger partial charge in [-0.2, -0.15) is 5.10 Å². The Morgan fingerprint density at radius 3 is 2.54 bits per heavy atom. The van der Waals surface area contributed by atoms with Crippen LogP contribution in [-0.4, -0.2) is 81.3 Å².